The summed E-state index contributed by atoms with van der Waals surface area (Å²) in [4.78, 5) is 50.4. The van der Waals surface area contributed by atoms with Crippen molar-refractivity contribution in [2.75, 3.05) is 43.1 Å². The number of aromatic nitrogens is 2. The van der Waals surface area contributed by atoms with E-state index < -0.39 is 5.41 Å². The lowest BCUT2D eigenvalue weighted by molar-refractivity contribution is -0.137. The molecule has 2 amide bonds. The lowest BCUT2D eigenvalue weighted by Crippen LogP contribution is -2.47. The average Bonchev–Trinajstić information content (AvgIpc) is 3.45. The number of carbonyl (C=O) groups is 2. The zero-order valence-electron chi connectivity index (χ0n) is 27.0. The number of thiophene rings is 1. The van der Waals surface area contributed by atoms with E-state index in [1.54, 1.807) is 54.4 Å². The first kappa shape index (κ1) is 37.0. The molecule has 248 valence electrons. The Morgan fingerprint density at radius 2 is 1.67 bits per heavy atom. The van der Waals surface area contributed by atoms with Crippen LogP contribution in [0.5, 0.6) is 5.75 Å². The number of amides is 2. The van der Waals surface area contributed by atoms with E-state index in [-0.39, 0.29) is 42.2 Å². The molecule has 0 unspecified atom stereocenters. The molecule has 12 heteroatoms. The van der Waals surface area contributed by atoms with Crippen LogP contribution in [-0.4, -0.2) is 59.6 Å². The third-order valence-electron chi connectivity index (χ3n) is 8.29. The molecule has 9 nitrogen and oxygen atoms in total. The lowest BCUT2D eigenvalue weighted by atomic mass is 9.90. The SMILES string of the molecule is CCc1cc2c(=O)n(CCN(CCCOc3ccc4c(c3)N(C)C(=O)C(C)(C)C(=O)N4CC)Cc3ccncc3)ccc2s1.Cl.Cl. The Labute approximate surface area is 287 Å². The van der Waals surface area contributed by atoms with Gasteiger partial charge in [0.2, 0.25) is 11.8 Å². The van der Waals surface area contributed by atoms with E-state index in [2.05, 4.69) is 16.8 Å². The molecular formula is C34H43Cl2N5O4S. The summed E-state index contributed by atoms with van der Waals surface area (Å²) in [7, 11) is 1.71. The van der Waals surface area contributed by atoms with Gasteiger partial charge in [0.05, 0.1) is 23.4 Å². The summed E-state index contributed by atoms with van der Waals surface area (Å²) in [5, 5.41) is 0.798. The van der Waals surface area contributed by atoms with Crippen LogP contribution in [0.3, 0.4) is 0 Å². The molecule has 0 aliphatic carbocycles. The van der Waals surface area contributed by atoms with Crippen LogP contribution in [0.25, 0.3) is 10.1 Å². The fraction of sp³-hybridized carbons (Fsp3) is 0.412. The third-order valence-corrected chi connectivity index (χ3v) is 9.54. The van der Waals surface area contributed by atoms with Gasteiger partial charge >= 0.3 is 0 Å². The van der Waals surface area contributed by atoms with E-state index in [1.807, 2.05) is 60.2 Å². The summed E-state index contributed by atoms with van der Waals surface area (Å²) in [6, 6.07) is 13.7. The summed E-state index contributed by atoms with van der Waals surface area (Å²) in [5.74, 6) is 0.197. The van der Waals surface area contributed by atoms with Crippen molar-refractivity contribution >= 4 is 69.4 Å². The van der Waals surface area contributed by atoms with Gasteiger partial charge in [-0.2, -0.15) is 0 Å². The molecular weight excluding hydrogens is 645 g/mol. The van der Waals surface area contributed by atoms with Crippen LogP contribution in [0.15, 0.2) is 65.8 Å². The van der Waals surface area contributed by atoms with Crippen molar-refractivity contribution in [3.05, 3.63) is 81.8 Å². The van der Waals surface area contributed by atoms with Crippen LogP contribution in [0.1, 0.15) is 44.6 Å². The maximum absolute atomic E-state index is 13.2. The van der Waals surface area contributed by atoms with Crippen molar-refractivity contribution in [2.45, 2.75) is 53.6 Å². The van der Waals surface area contributed by atoms with Gasteiger partial charge in [-0.3, -0.25) is 24.3 Å². The quantitative estimate of drug-likeness (QED) is 0.130. The normalized spacial score (nSPS) is 14.1. The highest BCUT2D eigenvalue weighted by Gasteiger charge is 2.45. The second kappa shape index (κ2) is 15.9. The standard InChI is InChI=1S/C34H41N5O4S.2ClH/c1-6-26-22-27-30(44-26)13-17-38(31(27)40)19-18-37(23-24-11-14-35-15-12-24)16-8-20-43-25-9-10-28-29(21-25)36(5)32(41)34(3,4)33(42)39(28)7-2;;/h9-15,17,21-22H,6-8,16,18-20,23H2,1-5H3;2*1H. The fourth-order valence-corrected chi connectivity index (χ4v) is 6.68. The minimum atomic E-state index is -1.15. The molecule has 0 saturated carbocycles. The van der Waals surface area contributed by atoms with Gasteiger partial charge in [-0.1, -0.05) is 6.92 Å². The molecule has 0 saturated heterocycles. The molecule has 1 aromatic carbocycles. The van der Waals surface area contributed by atoms with Gasteiger partial charge in [-0.15, -0.1) is 36.2 Å². The van der Waals surface area contributed by atoms with Gasteiger partial charge in [0.25, 0.3) is 5.56 Å². The zero-order chi connectivity index (χ0) is 31.4. The molecule has 46 heavy (non-hydrogen) atoms. The summed E-state index contributed by atoms with van der Waals surface area (Å²) >= 11 is 1.69. The smallest absolute Gasteiger partial charge is 0.259 e. The molecule has 1 aliphatic rings. The highest BCUT2D eigenvalue weighted by molar-refractivity contribution is 7.19. The zero-order valence-corrected chi connectivity index (χ0v) is 29.5. The summed E-state index contributed by atoms with van der Waals surface area (Å²) < 4.78 is 9.01. The number of hydrogen-bond donors (Lipinski definition) is 0. The number of ether oxygens (including phenoxy) is 1. The molecule has 4 heterocycles. The van der Waals surface area contributed by atoms with Gasteiger partial charge < -0.3 is 19.1 Å². The topological polar surface area (TPSA) is 88.0 Å². The Balaban J connectivity index is 0.00000288. The third kappa shape index (κ3) is 7.74. The number of pyridine rings is 2. The average molecular weight is 689 g/mol. The number of carbonyl (C=O) groups excluding carboxylic acids is 2. The Hall–Kier alpha value is -3.44. The molecule has 1 aliphatic heterocycles. The van der Waals surface area contributed by atoms with E-state index in [9.17, 15) is 14.4 Å². The van der Waals surface area contributed by atoms with Crippen molar-refractivity contribution in [3.8, 4) is 5.75 Å². The summed E-state index contributed by atoms with van der Waals surface area (Å²) in [6.45, 7) is 11.1. The van der Waals surface area contributed by atoms with Crippen LogP contribution < -0.4 is 20.1 Å². The molecule has 0 bridgehead atoms. The predicted octanol–water partition coefficient (Wildman–Crippen LogP) is 6.19. The van der Waals surface area contributed by atoms with Gasteiger partial charge in [0.1, 0.15) is 11.2 Å². The first-order chi connectivity index (χ1) is 21.1. The second-order valence-electron chi connectivity index (χ2n) is 11.7. The number of nitrogens with zero attached hydrogens (tertiary/aromatic N) is 5. The molecule has 0 N–H and O–H groups in total. The van der Waals surface area contributed by atoms with Gasteiger partial charge in [-0.05, 0) is 75.6 Å². The fourth-order valence-electron chi connectivity index (χ4n) is 5.69. The minimum absolute atomic E-state index is 0. The van der Waals surface area contributed by atoms with Crippen LogP contribution in [0.2, 0.25) is 0 Å². The van der Waals surface area contributed by atoms with Crippen molar-refractivity contribution in [2.24, 2.45) is 5.41 Å². The number of rotatable bonds is 12. The van der Waals surface area contributed by atoms with Crippen LogP contribution in [0, 0.1) is 5.41 Å². The van der Waals surface area contributed by atoms with Crippen LogP contribution in [-0.2, 0) is 29.1 Å². The minimum Gasteiger partial charge on any atom is -0.493 e. The lowest BCUT2D eigenvalue weighted by Gasteiger charge is -2.27. The van der Waals surface area contributed by atoms with Gasteiger partial charge in [0.15, 0.2) is 0 Å². The Morgan fingerprint density at radius 1 is 0.935 bits per heavy atom. The Kier molecular flexibility index (Phi) is 12.8. The molecule has 0 atom stereocenters. The van der Waals surface area contributed by atoms with Crippen LogP contribution in [0.4, 0.5) is 11.4 Å². The molecule has 3 aromatic heterocycles. The number of hydrogen-bond acceptors (Lipinski definition) is 7. The monoisotopic (exact) mass is 687 g/mol. The van der Waals surface area contributed by atoms with Crippen molar-refractivity contribution in [3.63, 3.8) is 0 Å². The van der Waals surface area contributed by atoms with Crippen molar-refractivity contribution in [1.29, 1.82) is 0 Å². The summed E-state index contributed by atoms with van der Waals surface area (Å²) in [5.41, 5.74) is 1.43. The Morgan fingerprint density at radius 3 is 2.37 bits per heavy atom. The number of fused-ring (bicyclic) bond motifs is 2. The predicted molar refractivity (Wildman–Crippen MR) is 191 cm³/mol. The molecule has 4 aromatic rings. The number of benzene rings is 1. The number of halogens is 2. The first-order valence-electron chi connectivity index (χ1n) is 15.2. The van der Waals surface area contributed by atoms with Gasteiger partial charge in [0, 0.05) is 74.0 Å². The van der Waals surface area contributed by atoms with E-state index in [0.29, 0.717) is 43.4 Å². The molecule has 0 radical (unpaired) electrons. The van der Waals surface area contributed by atoms with E-state index in [1.165, 1.54) is 4.88 Å². The largest absolute Gasteiger partial charge is 0.493 e. The van der Waals surface area contributed by atoms with E-state index >= 15 is 0 Å². The highest BCUT2D eigenvalue weighted by atomic mass is 35.5. The highest BCUT2D eigenvalue weighted by Crippen LogP contribution is 2.40. The maximum atomic E-state index is 13.2. The van der Waals surface area contributed by atoms with Crippen molar-refractivity contribution in [1.82, 2.24) is 14.5 Å². The van der Waals surface area contributed by atoms with Crippen LogP contribution >= 0.6 is 36.2 Å². The number of aryl methyl sites for hydroxylation is 1. The summed E-state index contributed by atoms with van der Waals surface area (Å²) in [6.07, 6.45) is 7.19. The second-order valence-corrected chi connectivity index (χ2v) is 12.8. The molecule has 5 rings (SSSR count). The Bertz CT molecular complexity index is 1710. The molecule has 0 fully saturated rings. The first-order valence-corrected chi connectivity index (χ1v) is 16.1. The van der Waals surface area contributed by atoms with E-state index in [4.69, 9.17) is 4.74 Å². The molecule has 0 spiro atoms. The van der Waals surface area contributed by atoms with E-state index in [0.717, 1.165) is 41.6 Å². The number of anilines is 2. The van der Waals surface area contributed by atoms with Crippen molar-refractivity contribution < 1.29 is 14.3 Å². The maximum Gasteiger partial charge on any atom is 0.259 e. The van der Waals surface area contributed by atoms with Gasteiger partial charge in [-0.25, -0.2) is 0 Å².